The van der Waals surface area contributed by atoms with Crippen LogP contribution in [-0.2, 0) is 42.1 Å². The molecule has 11 heteroatoms. The van der Waals surface area contributed by atoms with Crippen LogP contribution in [0.3, 0.4) is 0 Å². The normalized spacial score (nSPS) is 10.6. The zero-order valence-electron chi connectivity index (χ0n) is 30.9. The number of hydrogen-bond donors (Lipinski definition) is 0. The van der Waals surface area contributed by atoms with E-state index >= 15 is 0 Å². The van der Waals surface area contributed by atoms with Gasteiger partial charge in [0.1, 0.15) is 0 Å². The molecule has 0 bridgehead atoms. The first-order chi connectivity index (χ1) is 21.3. The van der Waals surface area contributed by atoms with E-state index in [-0.39, 0.29) is 63.1 Å². The van der Waals surface area contributed by atoms with Crippen LogP contribution >= 0.6 is 0 Å². The molecule has 47 heavy (non-hydrogen) atoms. The SMILES string of the molecule is CC(C)[N-]B([N-]C(C)C)c1ccccc1.CC(C)[N-]B([N-]C(C)C)c1ccccc1.CC(C)[N-]B([N-]C(C)C)c1ccccc1.[W].[W]. The average Bonchev–Trinajstić information content (AvgIpc) is 2.97. The predicted molar refractivity (Wildman–Crippen MR) is 206 cm³/mol. The van der Waals surface area contributed by atoms with Crippen LogP contribution in [0.25, 0.3) is 31.4 Å². The third kappa shape index (κ3) is 23.9. The maximum absolute atomic E-state index is 4.62. The second kappa shape index (κ2) is 27.8. The molecule has 0 N–H and O–H groups in total. The van der Waals surface area contributed by atoms with Crippen molar-refractivity contribution in [2.75, 3.05) is 0 Å². The molecular formula is C36H57B3N6W2-6. The van der Waals surface area contributed by atoms with E-state index in [0.717, 1.165) is 0 Å². The fraction of sp³-hybridized carbons (Fsp3) is 0.500. The zero-order chi connectivity index (χ0) is 33.8. The van der Waals surface area contributed by atoms with Crippen LogP contribution in [-0.4, -0.2) is 57.2 Å². The summed E-state index contributed by atoms with van der Waals surface area (Å²) in [6.45, 7) is 25.0. The minimum absolute atomic E-state index is 0. The van der Waals surface area contributed by atoms with Gasteiger partial charge in [0.15, 0.2) is 0 Å². The molecule has 0 spiro atoms. The fourth-order valence-corrected chi connectivity index (χ4v) is 4.20. The maximum atomic E-state index is 4.62. The van der Waals surface area contributed by atoms with Gasteiger partial charge in [-0.2, -0.15) is 0 Å². The van der Waals surface area contributed by atoms with Crippen LogP contribution in [0.1, 0.15) is 83.1 Å². The Morgan fingerprint density at radius 1 is 0.298 bits per heavy atom. The van der Waals surface area contributed by atoms with Gasteiger partial charge in [0.25, 0.3) is 0 Å². The van der Waals surface area contributed by atoms with Crippen LogP contribution < -0.4 is 16.4 Å². The zero-order valence-corrected chi connectivity index (χ0v) is 36.7. The Morgan fingerprint density at radius 3 is 0.574 bits per heavy atom. The summed E-state index contributed by atoms with van der Waals surface area (Å²) >= 11 is 0. The van der Waals surface area contributed by atoms with Gasteiger partial charge in [-0.25, -0.2) is 0 Å². The Bertz CT molecular complexity index is 940. The van der Waals surface area contributed by atoms with E-state index < -0.39 is 0 Å². The van der Waals surface area contributed by atoms with Crippen molar-refractivity contribution in [2.45, 2.75) is 119 Å². The van der Waals surface area contributed by atoms with Crippen molar-refractivity contribution in [2.24, 2.45) is 0 Å². The van der Waals surface area contributed by atoms with Crippen LogP contribution in [0, 0.1) is 0 Å². The number of nitrogens with zero attached hydrogens (tertiary/aromatic N) is 6. The topological polar surface area (TPSA) is 84.6 Å². The molecular weight excluding hydrogens is 917 g/mol. The van der Waals surface area contributed by atoms with E-state index in [2.05, 4.69) is 151 Å². The van der Waals surface area contributed by atoms with E-state index in [1.54, 1.807) is 0 Å². The van der Waals surface area contributed by atoms with Crippen LogP contribution in [0.2, 0.25) is 0 Å². The molecule has 0 aliphatic carbocycles. The number of benzene rings is 3. The summed E-state index contributed by atoms with van der Waals surface area (Å²) < 4.78 is 0. The molecule has 258 valence electrons. The third-order valence-electron chi connectivity index (χ3n) is 5.93. The van der Waals surface area contributed by atoms with Gasteiger partial charge in [-0.3, -0.25) is 0 Å². The Balaban J connectivity index is 0. The van der Waals surface area contributed by atoms with Gasteiger partial charge in [-0.1, -0.05) is 195 Å². The standard InChI is InChI=1S/3C12H19BN2.2W/c3*1-10(2)14-13(15-11(3)4)12-8-6-5-7-9-12;;/h3*5-11H,1-4H3;;/q3*-2;;. The summed E-state index contributed by atoms with van der Waals surface area (Å²) in [5.74, 6) is 0. The predicted octanol–water partition coefficient (Wildman–Crippen LogP) is 8.83. The molecule has 6 nitrogen and oxygen atoms in total. The quantitative estimate of drug-likeness (QED) is 0.137. The van der Waals surface area contributed by atoms with Gasteiger partial charge in [0.05, 0.1) is 0 Å². The van der Waals surface area contributed by atoms with Crippen LogP contribution in [0.5, 0.6) is 0 Å². The third-order valence-corrected chi connectivity index (χ3v) is 5.93. The summed E-state index contributed by atoms with van der Waals surface area (Å²) in [6, 6.07) is 32.7. The minimum Gasteiger partial charge on any atom is -0.698 e. The first kappa shape index (κ1) is 48.1. The van der Waals surface area contributed by atoms with Crippen molar-refractivity contribution in [3.63, 3.8) is 0 Å². The van der Waals surface area contributed by atoms with E-state index in [1.165, 1.54) is 16.4 Å². The molecule has 0 aromatic heterocycles. The van der Waals surface area contributed by atoms with Crippen LogP contribution in [0.15, 0.2) is 91.0 Å². The summed E-state index contributed by atoms with van der Waals surface area (Å²) in [6.07, 6.45) is 0. The second-order valence-corrected chi connectivity index (χ2v) is 12.8. The molecule has 0 radical (unpaired) electrons. The van der Waals surface area contributed by atoms with Crippen molar-refractivity contribution in [3.05, 3.63) is 122 Å². The summed E-state index contributed by atoms with van der Waals surface area (Å²) in [4.78, 5) is 0. The van der Waals surface area contributed by atoms with Gasteiger partial charge >= 0.3 is 0 Å². The molecule has 0 aliphatic heterocycles. The van der Waals surface area contributed by atoms with Gasteiger partial charge in [-0.05, 0) is 0 Å². The molecule has 0 atom stereocenters. The molecule has 0 saturated heterocycles. The van der Waals surface area contributed by atoms with E-state index in [0.29, 0.717) is 36.3 Å². The Hall–Kier alpha value is -1.01. The molecule has 3 rings (SSSR count). The van der Waals surface area contributed by atoms with Gasteiger partial charge in [-0.15, -0.1) is 52.6 Å². The first-order valence-electron chi connectivity index (χ1n) is 16.6. The van der Waals surface area contributed by atoms with Crippen molar-refractivity contribution in [1.82, 2.24) is 0 Å². The Kier molecular flexibility index (Phi) is 28.4. The largest absolute Gasteiger partial charge is 0.698 e. The van der Waals surface area contributed by atoms with Gasteiger partial charge in [0, 0.05) is 42.1 Å². The van der Waals surface area contributed by atoms with Crippen molar-refractivity contribution in [3.8, 4) is 0 Å². The first-order valence-corrected chi connectivity index (χ1v) is 16.6. The van der Waals surface area contributed by atoms with E-state index in [9.17, 15) is 0 Å². The summed E-state index contributed by atoms with van der Waals surface area (Å²) in [7, 11) is 0. The van der Waals surface area contributed by atoms with E-state index in [1.807, 2.05) is 54.6 Å². The van der Waals surface area contributed by atoms with Crippen molar-refractivity contribution < 1.29 is 42.1 Å². The van der Waals surface area contributed by atoms with Crippen molar-refractivity contribution >= 4 is 37.3 Å². The average molecular weight is 974 g/mol. The molecule has 0 amide bonds. The van der Waals surface area contributed by atoms with Crippen LogP contribution in [0.4, 0.5) is 0 Å². The van der Waals surface area contributed by atoms with Gasteiger partial charge < -0.3 is 31.4 Å². The second-order valence-electron chi connectivity index (χ2n) is 12.8. The molecule has 0 aliphatic rings. The smallest absolute Gasteiger partial charge is 0 e. The number of rotatable bonds is 15. The molecule has 0 saturated carbocycles. The maximum Gasteiger partial charge on any atom is 0 e. The molecule has 0 heterocycles. The molecule has 0 unspecified atom stereocenters. The number of hydrogen-bond acceptors (Lipinski definition) is 0. The molecule has 3 aromatic rings. The van der Waals surface area contributed by atoms with Gasteiger partial charge in [0.2, 0.25) is 0 Å². The van der Waals surface area contributed by atoms with Crippen molar-refractivity contribution in [1.29, 1.82) is 0 Å². The Labute approximate surface area is 319 Å². The Morgan fingerprint density at radius 2 is 0.447 bits per heavy atom. The molecule has 3 aromatic carbocycles. The molecule has 0 fully saturated rings. The monoisotopic (exact) mass is 974 g/mol. The minimum atomic E-state index is -0.00815. The summed E-state index contributed by atoms with van der Waals surface area (Å²) in [5, 5.41) is 27.7. The summed E-state index contributed by atoms with van der Waals surface area (Å²) in [5.41, 5.74) is 3.54. The fourth-order valence-electron chi connectivity index (χ4n) is 4.20. The van der Waals surface area contributed by atoms with E-state index in [4.69, 9.17) is 0 Å².